The minimum Gasteiger partial charge on any atom is -0.411 e. The molecule has 2 aromatic rings. The maximum absolute atomic E-state index is 12.0. The lowest BCUT2D eigenvalue weighted by Crippen LogP contribution is -2.40. The fraction of sp³-hybridized carbons (Fsp3) is 0.267. The van der Waals surface area contributed by atoms with Crippen LogP contribution in [0.4, 0.5) is 0 Å². The summed E-state index contributed by atoms with van der Waals surface area (Å²) in [5.74, 6) is -0.0167. The number of pyridine rings is 1. The number of aromatic nitrogens is 3. The smallest absolute Gasteiger partial charge is 0.277 e. The van der Waals surface area contributed by atoms with Crippen LogP contribution in [0.5, 0.6) is 0 Å². The summed E-state index contributed by atoms with van der Waals surface area (Å²) in [5.41, 5.74) is 6.49. The monoisotopic (exact) mass is 347 g/mol. The molecule has 9 heteroatoms. The molecular formula is C15H17N5O3S. The number of thioether (sulfide) groups is 1. The molecule has 126 valence electrons. The van der Waals surface area contributed by atoms with Crippen LogP contribution < -0.4 is 10.9 Å². The van der Waals surface area contributed by atoms with Crippen molar-refractivity contribution in [2.75, 3.05) is 0 Å². The van der Waals surface area contributed by atoms with E-state index < -0.39 is 5.25 Å². The summed E-state index contributed by atoms with van der Waals surface area (Å²) < 4.78 is 5.53. The minimum atomic E-state index is -0.464. The largest absolute Gasteiger partial charge is 0.411 e. The molecule has 0 radical (unpaired) electrons. The van der Waals surface area contributed by atoms with Gasteiger partial charge in [-0.2, -0.15) is 0 Å². The van der Waals surface area contributed by atoms with Crippen LogP contribution in [0, 0.1) is 0 Å². The molecule has 0 bridgehead atoms. The molecule has 0 fully saturated rings. The van der Waals surface area contributed by atoms with Crippen LogP contribution in [0.2, 0.25) is 0 Å². The average molecular weight is 347 g/mol. The fourth-order valence-electron chi connectivity index (χ4n) is 1.68. The van der Waals surface area contributed by atoms with E-state index in [1.807, 2.05) is 0 Å². The standard InChI is InChI=1S/C15H17N5O3S/c1-9(8-10(2)21)17-18-13(22)11(3)24-15-20-19-14(23-15)12-4-6-16-7-5-12/h4-8,11,17H,1-3H3,(H,18,22)/b9-8-/t11-/m0/s1. The van der Waals surface area contributed by atoms with Crippen molar-refractivity contribution < 1.29 is 14.0 Å². The van der Waals surface area contributed by atoms with Crippen molar-refractivity contribution in [1.82, 2.24) is 26.0 Å². The van der Waals surface area contributed by atoms with E-state index >= 15 is 0 Å². The Morgan fingerprint density at radius 3 is 2.58 bits per heavy atom. The second-order valence-electron chi connectivity index (χ2n) is 4.92. The van der Waals surface area contributed by atoms with E-state index in [9.17, 15) is 9.59 Å². The Morgan fingerprint density at radius 1 is 1.21 bits per heavy atom. The third-order valence-corrected chi connectivity index (χ3v) is 3.72. The lowest BCUT2D eigenvalue weighted by molar-refractivity contribution is -0.121. The highest BCUT2D eigenvalue weighted by atomic mass is 32.2. The molecular weight excluding hydrogens is 330 g/mol. The summed E-state index contributed by atoms with van der Waals surface area (Å²) in [6.45, 7) is 4.82. The first kappa shape index (κ1) is 17.7. The molecule has 0 saturated heterocycles. The maximum atomic E-state index is 12.0. The van der Waals surface area contributed by atoms with Crippen LogP contribution >= 0.6 is 11.8 Å². The Morgan fingerprint density at radius 2 is 1.92 bits per heavy atom. The zero-order valence-electron chi connectivity index (χ0n) is 13.4. The van der Waals surface area contributed by atoms with Gasteiger partial charge in [0.25, 0.3) is 11.1 Å². The number of rotatable bonds is 7. The van der Waals surface area contributed by atoms with E-state index in [0.717, 1.165) is 17.3 Å². The van der Waals surface area contributed by atoms with Gasteiger partial charge in [-0.3, -0.25) is 20.0 Å². The van der Waals surface area contributed by atoms with Gasteiger partial charge in [0.15, 0.2) is 5.78 Å². The van der Waals surface area contributed by atoms with Gasteiger partial charge in [-0.05, 0) is 32.9 Å². The highest BCUT2D eigenvalue weighted by molar-refractivity contribution is 8.00. The van der Waals surface area contributed by atoms with E-state index in [-0.39, 0.29) is 11.7 Å². The third-order valence-electron chi connectivity index (χ3n) is 2.78. The summed E-state index contributed by atoms with van der Waals surface area (Å²) in [7, 11) is 0. The Bertz CT molecular complexity index is 745. The van der Waals surface area contributed by atoms with Crippen molar-refractivity contribution in [3.05, 3.63) is 36.3 Å². The second-order valence-corrected chi connectivity index (χ2v) is 6.21. The van der Waals surface area contributed by atoms with Crippen molar-refractivity contribution in [3.8, 4) is 11.5 Å². The number of ketones is 1. The van der Waals surface area contributed by atoms with Crippen LogP contribution in [0.3, 0.4) is 0 Å². The van der Waals surface area contributed by atoms with Crippen LogP contribution in [-0.4, -0.2) is 32.1 Å². The van der Waals surface area contributed by atoms with Crippen molar-refractivity contribution >= 4 is 23.5 Å². The number of carbonyl (C=O) groups excluding carboxylic acids is 2. The molecule has 0 spiro atoms. The van der Waals surface area contributed by atoms with Gasteiger partial charge in [-0.25, -0.2) is 0 Å². The van der Waals surface area contributed by atoms with Crippen molar-refractivity contribution in [2.24, 2.45) is 0 Å². The van der Waals surface area contributed by atoms with Gasteiger partial charge in [0, 0.05) is 29.7 Å². The molecule has 2 N–H and O–H groups in total. The van der Waals surface area contributed by atoms with E-state index in [1.165, 1.54) is 13.0 Å². The topological polar surface area (TPSA) is 110 Å². The molecule has 0 aliphatic carbocycles. The molecule has 0 aromatic carbocycles. The lowest BCUT2D eigenvalue weighted by Gasteiger charge is -2.11. The van der Waals surface area contributed by atoms with E-state index in [4.69, 9.17) is 4.42 Å². The Kier molecular flexibility index (Phi) is 6.07. The van der Waals surface area contributed by atoms with Gasteiger partial charge in [0.05, 0.1) is 5.25 Å². The molecule has 0 aliphatic heterocycles. The highest BCUT2D eigenvalue weighted by Crippen LogP contribution is 2.25. The molecule has 8 nitrogen and oxygen atoms in total. The van der Waals surface area contributed by atoms with Gasteiger partial charge in [-0.15, -0.1) is 10.2 Å². The van der Waals surface area contributed by atoms with Crippen LogP contribution in [-0.2, 0) is 9.59 Å². The predicted molar refractivity (Wildman–Crippen MR) is 88.6 cm³/mol. The summed E-state index contributed by atoms with van der Waals surface area (Å²) in [5, 5.41) is 7.69. The number of nitrogens with one attached hydrogen (secondary N) is 2. The summed E-state index contributed by atoms with van der Waals surface area (Å²) in [6.07, 6.45) is 4.65. The van der Waals surface area contributed by atoms with Gasteiger partial charge in [0.1, 0.15) is 0 Å². The van der Waals surface area contributed by atoms with Crippen LogP contribution in [0.25, 0.3) is 11.5 Å². The number of hydrogen-bond acceptors (Lipinski definition) is 8. The fourth-order valence-corrected chi connectivity index (χ4v) is 2.36. The summed E-state index contributed by atoms with van der Waals surface area (Å²) in [6, 6.07) is 3.51. The number of hydrazine groups is 1. The number of nitrogens with zero attached hydrogens (tertiary/aromatic N) is 3. The van der Waals surface area contributed by atoms with Gasteiger partial charge >= 0.3 is 0 Å². The second kappa shape index (κ2) is 8.25. The average Bonchev–Trinajstić information content (AvgIpc) is 3.01. The molecule has 2 heterocycles. The molecule has 0 aliphatic rings. The van der Waals surface area contributed by atoms with Crippen LogP contribution in [0.1, 0.15) is 20.8 Å². The lowest BCUT2D eigenvalue weighted by atomic mass is 10.3. The molecule has 1 atom stereocenters. The highest BCUT2D eigenvalue weighted by Gasteiger charge is 2.18. The van der Waals surface area contributed by atoms with E-state index in [2.05, 4.69) is 26.0 Å². The zero-order chi connectivity index (χ0) is 17.5. The quantitative estimate of drug-likeness (QED) is 0.443. The first-order chi connectivity index (χ1) is 11.5. The molecule has 2 aromatic heterocycles. The van der Waals surface area contributed by atoms with Crippen molar-refractivity contribution in [1.29, 1.82) is 0 Å². The Balaban J connectivity index is 1.90. The van der Waals surface area contributed by atoms with Gasteiger partial charge in [-0.1, -0.05) is 11.8 Å². The van der Waals surface area contributed by atoms with Crippen molar-refractivity contribution in [3.63, 3.8) is 0 Å². The molecule has 0 unspecified atom stereocenters. The number of amides is 1. The predicted octanol–water partition coefficient (Wildman–Crippen LogP) is 1.73. The first-order valence-electron chi connectivity index (χ1n) is 7.11. The van der Waals surface area contributed by atoms with Gasteiger partial charge < -0.3 is 9.84 Å². The zero-order valence-corrected chi connectivity index (χ0v) is 14.3. The minimum absolute atomic E-state index is 0.105. The first-order valence-corrected chi connectivity index (χ1v) is 7.99. The number of hydrogen-bond donors (Lipinski definition) is 2. The molecule has 1 amide bonds. The van der Waals surface area contributed by atoms with Crippen molar-refractivity contribution in [2.45, 2.75) is 31.2 Å². The van der Waals surface area contributed by atoms with Gasteiger partial charge in [0.2, 0.25) is 5.89 Å². The van der Waals surface area contributed by atoms with Crippen LogP contribution in [0.15, 0.2) is 45.9 Å². The molecule has 0 saturated carbocycles. The summed E-state index contributed by atoms with van der Waals surface area (Å²) in [4.78, 5) is 26.9. The number of allylic oxidation sites excluding steroid dienone is 2. The maximum Gasteiger partial charge on any atom is 0.277 e. The van der Waals surface area contributed by atoms with E-state index in [1.54, 1.807) is 38.4 Å². The Hall–Kier alpha value is -2.68. The molecule has 24 heavy (non-hydrogen) atoms. The summed E-state index contributed by atoms with van der Waals surface area (Å²) >= 11 is 1.14. The third kappa shape index (κ3) is 5.20. The molecule has 2 rings (SSSR count). The number of carbonyl (C=O) groups is 2. The normalized spacial score (nSPS) is 12.5. The van der Waals surface area contributed by atoms with E-state index in [0.29, 0.717) is 16.8 Å². The SMILES string of the molecule is CC(=O)/C=C(/C)NNC(=O)[C@H](C)Sc1nnc(-c2ccncc2)o1. The Labute approximate surface area is 143 Å².